The smallest absolute Gasteiger partial charge is 0.106 e. The van der Waals surface area contributed by atoms with E-state index in [1.54, 1.807) is 11.3 Å². The summed E-state index contributed by atoms with van der Waals surface area (Å²) in [5.41, 5.74) is 7.57. The van der Waals surface area contributed by atoms with Crippen LogP contribution in [0.4, 0.5) is 5.69 Å². The average Bonchev–Trinajstić information content (AvgIpc) is 2.73. The standard InChI is InChI=1S/C13H13BrN2S2/c1-8-2-4-10(18-8)7-16-12-5-3-9(14)6-11(12)13(15)17/h2-6,16H,7H2,1H3,(H2,15,17). The van der Waals surface area contributed by atoms with Crippen molar-refractivity contribution < 1.29 is 0 Å². The first-order chi connectivity index (χ1) is 8.56. The fourth-order valence-electron chi connectivity index (χ4n) is 1.64. The summed E-state index contributed by atoms with van der Waals surface area (Å²) in [4.78, 5) is 3.02. The number of hydrogen-bond donors (Lipinski definition) is 2. The number of anilines is 1. The lowest BCUT2D eigenvalue weighted by Crippen LogP contribution is -2.13. The molecule has 18 heavy (non-hydrogen) atoms. The first-order valence-electron chi connectivity index (χ1n) is 5.45. The van der Waals surface area contributed by atoms with Crippen molar-refractivity contribution in [2.45, 2.75) is 13.5 Å². The van der Waals surface area contributed by atoms with E-state index >= 15 is 0 Å². The minimum atomic E-state index is 0.404. The number of thiocarbonyl (C=S) groups is 1. The number of rotatable bonds is 4. The van der Waals surface area contributed by atoms with Gasteiger partial charge in [0, 0.05) is 32.0 Å². The van der Waals surface area contributed by atoms with Gasteiger partial charge in [0.25, 0.3) is 0 Å². The van der Waals surface area contributed by atoms with E-state index in [1.165, 1.54) is 9.75 Å². The van der Waals surface area contributed by atoms with E-state index < -0.39 is 0 Å². The van der Waals surface area contributed by atoms with Crippen molar-refractivity contribution in [3.8, 4) is 0 Å². The molecule has 0 radical (unpaired) electrons. The van der Waals surface area contributed by atoms with Crippen LogP contribution in [0.5, 0.6) is 0 Å². The molecule has 2 rings (SSSR count). The molecule has 0 saturated heterocycles. The lowest BCUT2D eigenvalue weighted by Gasteiger charge is -2.10. The van der Waals surface area contributed by atoms with E-state index in [0.29, 0.717) is 4.99 Å². The van der Waals surface area contributed by atoms with Crippen LogP contribution >= 0.6 is 39.5 Å². The highest BCUT2D eigenvalue weighted by Gasteiger charge is 2.06. The molecule has 0 saturated carbocycles. The Morgan fingerprint density at radius 2 is 2.17 bits per heavy atom. The third kappa shape index (κ3) is 3.31. The Balaban J connectivity index is 2.16. The van der Waals surface area contributed by atoms with Gasteiger partial charge in [-0.25, -0.2) is 0 Å². The Labute approximate surface area is 124 Å². The van der Waals surface area contributed by atoms with Crippen LogP contribution in [0.25, 0.3) is 0 Å². The van der Waals surface area contributed by atoms with E-state index in [4.69, 9.17) is 18.0 Å². The van der Waals surface area contributed by atoms with Crippen LogP contribution in [0.3, 0.4) is 0 Å². The monoisotopic (exact) mass is 340 g/mol. The summed E-state index contributed by atoms with van der Waals surface area (Å²) in [7, 11) is 0. The van der Waals surface area contributed by atoms with Gasteiger partial charge in [0.2, 0.25) is 0 Å². The van der Waals surface area contributed by atoms with E-state index in [0.717, 1.165) is 22.3 Å². The van der Waals surface area contributed by atoms with E-state index in [1.807, 2.05) is 18.2 Å². The number of thiophene rings is 1. The third-order valence-corrected chi connectivity index (χ3v) is 4.21. The quantitative estimate of drug-likeness (QED) is 0.824. The minimum absolute atomic E-state index is 0.404. The van der Waals surface area contributed by atoms with Crippen LogP contribution in [-0.2, 0) is 6.54 Å². The van der Waals surface area contributed by atoms with Gasteiger partial charge < -0.3 is 11.1 Å². The van der Waals surface area contributed by atoms with Crippen LogP contribution in [0.1, 0.15) is 15.3 Å². The predicted octanol–water partition coefficient (Wildman–Crippen LogP) is 4.07. The van der Waals surface area contributed by atoms with Crippen LogP contribution in [0.2, 0.25) is 0 Å². The van der Waals surface area contributed by atoms with Crippen molar-refractivity contribution in [3.63, 3.8) is 0 Å². The lowest BCUT2D eigenvalue weighted by molar-refractivity contribution is 1.19. The number of nitrogens with one attached hydrogen (secondary N) is 1. The Bertz CT molecular complexity index is 578. The molecule has 1 heterocycles. The summed E-state index contributed by atoms with van der Waals surface area (Å²) in [5.74, 6) is 0. The van der Waals surface area contributed by atoms with Gasteiger partial charge in [-0.05, 0) is 37.3 Å². The molecule has 0 aliphatic heterocycles. The highest BCUT2D eigenvalue weighted by molar-refractivity contribution is 9.10. The summed E-state index contributed by atoms with van der Waals surface area (Å²) in [6.45, 7) is 2.89. The molecular weight excluding hydrogens is 328 g/mol. The van der Waals surface area contributed by atoms with E-state index in [2.05, 4.69) is 40.3 Å². The summed E-state index contributed by atoms with van der Waals surface area (Å²) in [6, 6.07) is 10.1. The number of benzene rings is 1. The maximum atomic E-state index is 5.73. The van der Waals surface area contributed by atoms with Crippen molar-refractivity contribution in [3.05, 3.63) is 50.1 Å². The first-order valence-corrected chi connectivity index (χ1v) is 7.46. The minimum Gasteiger partial charge on any atom is -0.389 e. The molecule has 94 valence electrons. The molecule has 5 heteroatoms. The normalized spacial score (nSPS) is 10.3. The Hall–Kier alpha value is -0.910. The SMILES string of the molecule is Cc1ccc(CNc2ccc(Br)cc2C(N)=S)s1. The van der Waals surface area contributed by atoms with Crippen molar-refractivity contribution in [2.75, 3.05) is 5.32 Å². The second-order valence-corrected chi connectivity index (χ2v) is 6.65. The highest BCUT2D eigenvalue weighted by Crippen LogP contribution is 2.23. The molecule has 1 aromatic carbocycles. The van der Waals surface area contributed by atoms with Crippen molar-refractivity contribution in [1.82, 2.24) is 0 Å². The maximum absolute atomic E-state index is 5.73. The molecule has 0 atom stereocenters. The molecule has 2 nitrogen and oxygen atoms in total. The van der Waals surface area contributed by atoms with Gasteiger partial charge in [-0.2, -0.15) is 0 Å². The zero-order chi connectivity index (χ0) is 13.1. The lowest BCUT2D eigenvalue weighted by atomic mass is 10.2. The van der Waals surface area contributed by atoms with E-state index in [-0.39, 0.29) is 0 Å². The van der Waals surface area contributed by atoms with Crippen molar-refractivity contribution in [1.29, 1.82) is 0 Å². The summed E-state index contributed by atoms with van der Waals surface area (Å²) < 4.78 is 0.975. The molecule has 1 aromatic heterocycles. The summed E-state index contributed by atoms with van der Waals surface area (Å²) >= 11 is 10.3. The largest absolute Gasteiger partial charge is 0.389 e. The molecule has 3 N–H and O–H groups in total. The van der Waals surface area contributed by atoms with Gasteiger partial charge in [0.15, 0.2) is 0 Å². The van der Waals surface area contributed by atoms with Gasteiger partial charge in [0.1, 0.15) is 4.99 Å². The predicted molar refractivity (Wildman–Crippen MR) is 86.4 cm³/mol. The molecule has 0 aliphatic carbocycles. The Morgan fingerprint density at radius 3 is 2.78 bits per heavy atom. The van der Waals surface area contributed by atoms with Crippen molar-refractivity contribution >= 4 is 50.2 Å². The van der Waals surface area contributed by atoms with Gasteiger partial charge in [0.05, 0.1) is 0 Å². The topological polar surface area (TPSA) is 38.0 Å². The van der Waals surface area contributed by atoms with Crippen LogP contribution in [-0.4, -0.2) is 4.99 Å². The highest BCUT2D eigenvalue weighted by atomic mass is 79.9. The molecule has 0 bridgehead atoms. The molecule has 0 fully saturated rings. The Kier molecular flexibility index (Phi) is 4.37. The van der Waals surface area contributed by atoms with Crippen molar-refractivity contribution in [2.24, 2.45) is 5.73 Å². The molecule has 0 amide bonds. The van der Waals surface area contributed by atoms with Crippen LogP contribution in [0.15, 0.2) is 34.8 Å². The summed E-state index contributed by atoms with van der Waals surface area (Å²) in [6.07, 6.45) is 0. The Morgan fingerprint density at radius 1 is 1.39 bits per heavy atom. The second kappa shape index (κ2) is 5.82. The molecule has 0 aliphatic rings. The zero-order valence-corrected chi connectivity index (χ0v) is 13.1. The molecular formula is C13H13BrN2S2. The summed E-state index contributed by atoms with van der Waals surface area (Å²) in [5, 5.41) is 3.37. The maximum Gasteiger partial charge on any atom is 0.106 e. The number of hydrogen-bond acceptors (Lipinski definition) is 3. The van der Waals surface area contributed by atoms with Gasteiger partial charge in [-0.15, -0.1) is 11.3 Å². The molecule has 0 unspecified atom stereocenters. The van der Waals surface area contributed by atoms with Gasteiger partial charge >= 0.3 is 0 Å². The fraction of sp³-hybridized carbons (Fsp3) is 0.154. The van der Waals surface area contributed by atoms with Crippen LogP contribution < -0.4 is 11.1 Å². The zero-order valence-electron chi connectivity index (χ0n) is 9.87. The fourth-order valence-corrected chi connectivity index (χ4v) is 3.00. The second-order valence-electron chi connectivity index (χ2n) is 3.92. The van der Waals surface area contributed by atoms with Gasteiger partial charge in [-0.3, -0.25) is 0 Å². The third-order valence-electron chi connectivity index (χ3n) is 2.50. The average molecular weight is 341 g/mol. The van der Waals surface area contributed by atoms with Crippen LogP contribution in [0, 0.1) is 6.92 Å². The van der Waals surface area contributed by atoms with E-state index in [9.17, 15) is 0 Å². The first kappa shape index (κ1) is 13.5. The molecule has 0 spiro atoms. The molecule has 2 aromatic rings. The number of aryl methyl sites for hydroxylation is 1. The van der Waals surface area contributed by atoms with Gasteiger partial charge in [-0.1, -0.05) is 28.1 Å². The number of nitrogens with two attached hydrogens (primary N) is 1. The number of halogens is 1.